The number of likely N-dealkylation sites (tertiary alicyclic amines) is 1. The van der Waals surface area contributed by atoms with Gasteiger partial charge in [-0.2, -0.15) is 0 Å². The Morgan fingerprint density at radius 3 is 2.80 bits per heavy atom. The van der Waals surface area contributed by atoms with Gasteiger partial charge in [-0.15, -0.1) is 0 Å². The van der Waals surface area contributed by atoms with Gasteiger partial charge in [0.05, 0.1) is 4.32 Å². The molecule has 1 fully saturated rings. The van der Waals surface area contributed by atoms with Gasteiger partial charge in [0.15, 0.2) is 0 Å². The van der Waals surface area contributed by atoms with Crippen molar-refractivity contribution in [2.75, 3.05) is 13.1 Å². The largest absolute Gasteiger partial charge is 0.445 e. The number of rotatable bonds is 3. The summed E-state index contributed by atoms with van der Waals surface area (Å²) >= 11 is 7.47. The first-order valence-corrected chi connectivity index (χ1v) is 8.54. The maximum atomic E-state index is 12.1. The molecule has 0 radical (unpaired) electrons. The van der Waals surface area contributed by atoms with Crippen LogP contribution in [-0.4, -0.2) is 33.2 Å². The van der Waals surface area contributed by atoms with Crippen LogP contribution in [0.25, 0.3) is 0 Å². The topological polar surface area (TPSA) is 29.5 Å². The second kappa shape index (κ2) is 6.94. The Morgan fingerprint density at radius 2 is 2.15 bits per heavy atom. The van der Waals surface area contributed by atoms with Gasteiger partial charge in [0.1, 0.15) is 6.61 Å². The molecule has 1 aromatic carbocycles. The second-order valence-electron chi connectivity index (χ2n) is 5.11. The van der Waals surface area contributed by atoms with Crippen LogP contribution in [0.2, 0.25) is 0 Å². The van der Waals surface area contributed by atoms with E-state index in [1.54, 1.807) is 4.90 Å². The quantitative estimate of drug-likeness (QED) is 0.701. The minimum absolute atomic E-state index is 0.0585. The minimum Gasteiger partial charge on any atom is -0.445 e. The van der Waals surface area contributed by atoms with Crippen LogP contribution >= 0.6 is 31.9 Å². The second-order valence-corrected chi connectivity index (χ2v) is 7.79. The molecule has 0 unspecified atom stereocenters. The van der Waals surface area contributed by atoms with Gasteiger partial charge in [-0.25, -0.2) is 4.79 Å². The molecule has 110 valence electrons. The molecular formula is C15H19Br2NO2. The summed E-state index contributed by atoms with van der Waals surface area (Å²) in [4.78, 5) is 14.3. The summed E-state index contributed by atoms with van der Waals surface area (Å²) in [6.45, 7) is 3.86. The smallest absolute Gasteiger partial charge is 0.410 e. The fraction of sp³-hybridized carbons (Fsp3) is 0.533. The van der Waals surface area contributed by atoms with Gasteiger partial charge in [-0.1, -0.05) is 69.1 Å². The number of hydrogen-bond acceptors (Lipinski definition) is 2. The summed E-state index contributed by atoms with van der Waals surface area (Å²) in [6, 6.07) is 9.75. The summed E-state index contributed by atoms with van der Waals surface area (Å²) in [5, 5.41) is 0. The average Bonchev–Trinajstić information content (AvgIpc) is 2.48. The van der Waals surface area contributed by atoms with Crippen molar-refractivity contribution in [1.29, 1.82) is 0 Å². The Morgan fingerprint density at radius 1 is 1.45 bits per heavy atom. The van der Waals surface area contributed by atoms with Crippen LogP contribution in [0.15, 0.2) is 30.3 Å². The zero-order valence-electron chi connectivity index (χ0n) is 11.5. The van der Waals surface area contributed by atoms with Gasteiger partial charge in [0.2, 0.25) is 0 Å². The molecule has 1 aliphatic rings. The SMILES string of the molecule is CC[C@@]1(Br)CN(C(=O)OCc2ccccc2)CC[C@H]1Br. The molecule has 1 aromatic rings. The number of carbonyl (C=O) groups excluding carboxylic acids is 1. The van der Waals surface area contributed by atoms with E-state index in [4.69, 9.17) is 4.74 Å². The Labute approximate surface area is 136 Å². The fourth-order valence-corrected chi connectivity index (χ4v) is 3.53. The highest BCUT2D eigenvalue weighted by atomic mass is 79.9. The van der Waals surface area contributed by atoms with Crippen molar-refractivity contribution in [2.24, 2.45) is 0 Å². The van der Waals surface area contributed by atoms with Crippen LogP contribution in [0.1, 0.15) is 25.3 Å². The van der Waals surface area contributed by atoms with E-state index in [0.29, 0.717) is 18.0 Å². The standard InChI is InChI=1S/C15H19Br2NO2/c1-2-15(17)11-18(9-8-13(15)16)14(19)20-10-12-6-4-3-5-7-12/h3-7,13H,2,8-11H2,1H3/t13-,15-/m1/s1. The van der Waals surface area contributed by atoms with Crippen LogP contribution in [-0.2, 0) is 11.3 Å². The van der Waals surface area contributed by atoms with Crippen molar-refractivity contribution >= 4 is 38.0 Å². The Hall–Kier alpha value is -0.550. The van der Waals surface area contributed by atoms with Gasteiger partial charge < -0.3 is 9.64 Å². The first-order chi connectivity index (χ1) is 9.55. The predicted molar refractivity (Wildman–Crippen MR) is 87.5 cm³/mol. The monoisotopic (exact) mass is 403 g/mol. The van der Waals surface area contributed by atoms with E-state index < -0.39 is 0 Å². The van der Waals surface area contributed by atoms with E-state index in [2.05, 4.69) is 38.8 Å². The third kappa shape index (κ3) is 3.76. The maximum absolute atomic E-state index is 12.1. The summed E-state index contributed by atoms with van der Waals surface area (Å²) < 4.78 is 5.33. The molecule has 3 nitrogen and oxygen atoms in total. The van der Waals surface area contributed by atoms with Crippen molar-refractivity contribution in [3.8, 4) is 0 Å². The lowest BCUT2D eigenvalue weighted by Crippen LogP contribution is -2.52. The number of halogens is 2. The van der Waals surface area contributed by atoms with Gasteiger partial charge >= 0.3 is 6.09 Å². The predicted octanol–water partition coefficient (Wildman–Crippen LogP) is 4.34. The molecule has 1 saturated heterocycles. The summed E-state index contributed by atoms with van der Waals surface area (Å²) in [5.41, 5.74) is 1.01. The van der Waals surface area contributed by atoms with Crippen LogP contribution in [0.4, 0.5) is 4.79 Å². The zero-order valence-corrected chi connectivity index (χ0v) is 14.7. The average molecular weight is 405 g/mol. The molecule has 1 amide bonds. The molecule has 0 aliphatic carbocycles. The summed E-state index contributed by atoms with van der Waals surface area (Å²) in [5.74, 6) is 0. The molecule has 5 heteroatoms. The number of nitrogens with zero attached hydrogens (tertiary/aromatic N) is 1. The maximum Gasteiger partial charge on any atom is 0.410 e. The molecule has 0 spiro atoms. The molecule has 2 atom stereocenters. The molecule has 1 aliphatic heterocycles. The van der Waals surface area contributed by atoms with Crippen molar-refractivity contribution in [3.05, 3.63) is 35.9 Å². The van der Waals surface area contributed by atoms with E-state index in [1.807, 2.05) is 30.3 Å². The van der Waals surface area contributed by atoms with Gasteiger partial charge in [-0.3, -0.25) is 0 Å². The van der Waals surface area contributed by atoms with E-state index in [1.165, 1.54) is 0 Å². The lowest BCUT2D eigenvalue weighted by atomic mass is 9.95. The number of carbonyl (C=O) groups is 1. The molecular weight excluding hydrogens is 386 g/mol. The van der Waals surface area contributed by atoms with Crippen molar-refractivity contribution in [2.45, 2.75) is 35.5 Å². The first-order valence-electron chi connectivity index (χ1n) is 6.84. The Balaban J connectivity index is 1.90. The van der Waals surface area contributed by atoms with Crippen molar-refractivity contribution in [3.63, 3.8) is 0 Å². The summed E-state index contributed by atoms with van der Waals surface area (Å²) in [6.07, 6.45) is 1.66. The molecule has 20 heavy (non-hydrogen) atoms. The normalized spacial score (nSPS) is 26.4. The third-order valence-corrected chi connectivity index (χ3v) is 7.03. The fourth-order valence-electron chi connectivity index (χ4n) is 2.32. The molecule has 2 rings (SSSR count). The van der Waals surface area contributed by atoms with Crippen LogP contribution in [0.5, 0.6) is 0 Å². The number of benzene rings is 1. The van der Waals surface area contributed by atoms with Gasteiger partial charge in [0, 0.05) is 17.9 Å². The number of hydrogen-bond donors (Lipinski definition) is 0. The number of alkyl halides is 2. The Kier molecular flexibility index (Phi) is 5.49. The zero-order chi connectivity index (χ0) is 14.6. The summed E-state index contributed by atoms with van der Waals surface area (Å²) in [7, 11) is 0. The Bertz CT molecular complexity index is 454. The first kappa shape index (κ1) is 15.8. The molecule has 0 N–H and O–H groups in total. The van der Waals surface area contributed by atoms with E-state index in [0.717, 1.165) is 24.9 Å². The van der Waals surface area contributed by atoms with E-state index >= 15 is 0 Å². The van der Waals surface area contributed by atoms with E-state index in [-0.39, 0.29) is 10.4 Å². The number of ether oxygens (including phenoxy) is 1. The lowest BCUT2D eigenvalue weighted by Gasteiger charge is -2.41. The molecule has 1 heterocycles. The van der Waals surface area contributed by atoms with Gasteiger partial charge in [-0.05, 0) is 18.4 Å². The minimum atomic E-state index is -0.231. The van der Waals surface area contributed by atoms with E-state index in [9.17, 15) is 4.79 Å². The highest BCUT2D eigenvalue weighted by Gasteiger charge is 2.40. The number of amides is 1. The van der Waals surface area contributed by atoms with Crippen LogP contribution < -0.4 is 0 Å². The van der Waals surface area contributed by atoms with Crippen LogP contribution in [0, 0.1) is 0 Å². The van der Waals surface area contributed by atoms with Gasteiger partial charge in [0.25, 0.3) is 0 Å². The van der Waals surface area contributed by atoms with Crippen molar-refractivity contribution in [1.82, 2.24) is 4.90 Å². The molecule has 0 aromatic heterocycles. The molecule has 0 bridgehead atoms. The molecule has 0 saturated carbocycles. The lowest BCUT2D eigenvalue weighted by molar-refractivity contribution is 0.0847. The third-order valence-electron chi connectivity index (χ3n) is 3.72. The highest BCUT2D eigenvalue weighted by molar-refractivity contribution is 9.12. The van der Waals surface area contributed by atoms with Crippen LogP contribution in [0.3, 0.4) is 0 Å². The highest BCUT2D eigenvalue weighted by Crippen LogP contribution is 2.38. The van der Waals surface area contributed by atoms with Crippen molar-refractivity contribution < 1.29 is 9.53 Å². The number of piperidine rings is 1.